The Morgan fingerprint density at radius 1 is 1.14 bits per heavy atom. The smallest absolute Gasteiger partial charge is 0.267 e. The summed E-state index contributed by atoms with van der Waals surface area (Å²) in [5, 5.41) is 0. The van der Waals surface area contributed by atoms with E-state index in [2.05, 4.69) is 16.0 Å². The minimum absolute atomic E-state index is 0.197. The van der Waals surface area contributed by atoms with E-state index in [1.54, 1.807) is 12.1 Å². The number of pyridine rings is 1. The maximum Gasteiger partial charge on any atom is 0.267 e. The topological polar surface area (TPSA) is 68.5 Å². The van der Waals surface area contributed by atoms with Gasteiger partial charge in [0.15, 0.2) is 0 Å². The van der Waals surface area contributed by atoms with Gasteiger partial charge in [-0.15, -0.1) is 0 Å². The van der Waals surface area contributed by atoms with Crippen LogP contribution in [0, 0.1) is 0 Å². The van der Waals surface area contributed by atoms with Crippen LogP contribution >= 0.6 is 0 Å². The van der Waals surface area contributed by atoms with Gasteiger partial charge in [0.2, 0.25) is 0 Å². The summed E-state index contributed by atoms with van der Waals surface area (Å²) in [7, 11) is 0. The fourth-order valence-corrected chi connectivity index (χ4v) is 2.46. The Morgan fingerprint density at radius 3 is 2.67 bits per heavy atom. The third-order valence-corrected chi connectivity index (χ3v) is 3.51. The fraction of sp³-hybridized carbons (Fsp3) is 0.250. The summed E-state index contributed by atoms with van der Waals surface area (Å²) >= 11 is 0. The van der Waals surface area contributed by atoms with Crippen LogP contribution in [-0.4, -0.2) is 24.0 Å². The lowest BCUT2D eigenvalue weighted by Crippen LogP contribution is -2.17. The highest BCUT2D eigenvalue weighted by molar-refractivity contribution is 5.91. The Balaban J connectivity index is 1.79. The number of amides is 1. The van der Waals surface area contributed by atoms with Gasteiger partial charge in [-0.1, -0.05) is 6.07 Å². The van der Waals surface area contributed by atoms with Crippen LogP contribution in [0.4, 0.5) is 5.69 Å². The predicted molar refractivity (Wildman–Crippen MR) is 80.7 cm³/mol. The Hall–Kier alpha value is -2.56. The number of carbonyl (C=O) groups is 1. The molecule has 0 unspecified atom stereocenters. The van der Waals surface area contributed by atoms with Crippen LogP contribution < -0.4 is 15.4 Å². The van der Waals surface area contributed by atoms with E-state index < -0.39 is 5.91 Å². The van der Waals surface area contributed by atoms with Crippen LogP contribution in [-0.2, 0) is 0 Å². The maximum atomic E-state index is 11.1. The molecule has 1 saturated heterocycles. The van der Waals surface area contributed by atoms with Crippen molar-refractivity contribution in [3.05, 3.63) is 48.3 Å². The molecule has 108 valence electrons. The molecular formula is C16H17N3O2. The fourth-order valence-electron chi connectivity index (χ4n) is 2.46. The molecule has 0 radical (unpaired) electrons. The number of hydrogen-bond acceptors (Lipinski definition) is 4. The van der Waals surface area contributed by atoms with Crippen molar-refractivity contribution in [2.24, 2.45) is 5.73 Å². The number of anilines is 1. The van der Waals surface area contributed by atoms with Crippen LogP contribution in [0.2, 0.25) is 0 Å². The quantitative estimate of drug-likeness (QED) is 0.936. The number of benzene rings is 1. The van der Waals surface area contributed by atoms with Crippen molar-refractivity contribution in [1.29, 1.82) is 0 Å². The second-order valence-electron chi connectivity index (χ2n) is 5.03. The lowest BCUT2D eigenvalue weighted by atomic mass is 10.2. The highest BCUT2D eigenvalue weighted by Gasteiger charge is 2.13. The summed E-state index contributed by atoms with van der Waals surface area (Å²) in [5.41, 5.74) is 6.58. The molecule has 21 heavy (non-hydrogen) atoms. The lowest BCUT2D eigenvalue weighted by molar-refractivity contribution is 0.0995. The second kappa shape index (κ2) is 5.83. The first-order valence-corrected chi connectivity index (χ1v) is 7.01. The van der Waals surface area contributed by atoms with E-state index in [0.717, 1.165) is 24.5 Å². The molecule has 1 aromatic heterocycles. The molecule has 1 aromatic carbocycles. The molecule has 0 atom stereocenters. The molecule has 0 aliphatic carbocycles. The Labute approximate surface area is 123 Å². The van der Waals surface area contributed by atoms with Crippen molar-refractivity contribution in [2.45, 2.75) is 12.8 Å². The highest BCUT2D eigenvalue weighted by atomic mass is 16.5. The van der Waals surface area contributed by atoms with E-state index in [1.165, 1.54) is 19.0 Å². The number of primary amides is 1. The van der Waals surface area contributed by atoms with Gasteiger partial charge in [-0.05, 0) is 31.0 Å². The molecule has 0 bridgehead atoms. The summed E-state index contributed by atoms with van der Waals surface area (Å²) in [6.45, 7) is 2.18. The van der Waals surface area contributed by atoms with Gasteiger partial charge in [0.05, 0.1) is 0 Å². The van der Waals surface area contributed by atoms with E-state index in [0.29, 0.717) is 5.75 Å². The van der Waals surface area contributed by atoms with Gasteiger partial charge in [0.1, 0.15) is 17.2 Å². The van der Waals surface area contributed by atoms with Crippen LogP contribution in [0.5, 0.6) is 11.5 Å². The number of hydrogen-bond donors (Lipinski definition) is 1. The molecule has 2 N–H and O–H groups in total. The van der Waals surface area contributed by atoms with Gasteiger partial charge in [0, 0.05) is 37.1 Å². The van der Waals surface area contributed by atoms with E-state index in [9.17, 15) is 4.79 Å². The lowest BCUT2D eigenvalue weighted by Gasteiger charge is -2.18. The standard InChI is InChI=1S/C16H17N3O2/c17-16(20)15-11-14(6-7-18-15)21-13-5-3-4-12(10-13)19-8-1-2-9-19/h3-7,10-11H,1-2,8-9H2,(H2,17,20). The van der Waals surface area contributed by atoms with Gasteiger partial charge in [-0.2, -0.15) is 0 Å². The number of rotatable bonds is 4. The minimum atomic E-state index is -0.564. The van der Waals surface area contributed by atoms with Crippen LogP contribution in [0.1, 0.15) is 23.3 Å². The van der Waals surface area contributed by atoms with Crippen LogP contribution in [0.25, 0.3) is 0 Å². The molecule has 2 heterocycles. The van der Waals surface area contributed by atoms with E-state index in [4.69, 9.17) is 10.5 Å². The van der Waals surface area contributed by atoms with Gasteiger partial charge < -0.3 is 15.4 Å². The van der Waals surface area contributed by atoms with Crippen molar-refractivity contribution >= 4 is 11.6 Å². The van der Waals surface area contributed by atoms with Gasteiger partial charge >= 0.3 is 0 Å². The first-order valence-electron chi connectivity index (χ1n) is 7.01. The Bertz CT molecular complexity index is 651. The number of carbonyl (C=O) groups excluding carboxylic acids is 1. The molecule has 5 nitrogen and oxygen atoms in total. The first-order chi connectivity index (χ1) is 10.2. The number of aromatic nitrogens is 1. The Kier molecular flexibility index (Phi) is 3.73. The summed E-state index contributed by atoms with van der Waals surface area (Å²) in [5.74, 6) is 0.727. The SMILES string of the molecule is NC(=O)c1cc(Oc2cccc(N3CCCC3)c2)ccn1. The Morgan fingerprint density at radius 2 is 1.90 bits per heavy atom. The van der Waals surface area contributed by atoms with Gasteiger partial charge in [-0.3, -0.25) is 9.78 Å². The zero-order valence-corrected chi connectivity index (χ0v) is 11.7. The summed E-state index contributed by atoms with van der Waals surface area (Å²) in [6.07, 6.45) is 3.98. The zero-order valence-electron chi connectivity index (χ0n) is 11.7. The minimum Gasteiger partial charge on any atom is -0.457 e. The summed E-state index contributed by atoms with van der Waals surface area (Å²) < 4.78 is 5.79. The second-order valence-corrected chi connectivity index (χ2v) is 5.03. The molecule has 3 rings (SSSR count). The summed E-state index contributed by atoms with van der Waals surface area (Å²) in [6, 6.07) is 11.2. The van der Waals surface area contributed by atoms with Crippen molar-refractivity contribution in [3.63, 3.8) is 0 Å². The molecule has 2 aromatic rings. The van der Waals surface area contributed by atoms with Crippen molar-refractivity contribution in [3.8, 4) is 11.5 Å². The van der Waals surface area contributed by atoms with Gasteiger partial charge in [-0.25, -0.2) is 0 Å². The highest BCUT2D eigenvalue weighted by Crippen LogP contribution is 2.27. The molecule has 5 heteroatoms. The molecule has 1 aliphatic heterocycles. The molecule has 1 amide bonds. The number of nitrogens with two attached hydrogens (primary N) is 1. The van der Waals surface area contributed by atoms with Crippen molar-refractivity contribution in [2.75, 3.05) is 18.0 Å². The number of nitrogens with zero attached hydrogens (tertiary/aromatic N) is 2. The van der Waals surface area contributed by atoms with E-state index >= 15 is 0 Å². The third-order valence-electron chi connectivity index (χ3n) is 3.51. The molecule has 1 aliphatic rings. The van der Waals surface area contributed by atoms with Crippen LogP contribution in [0.15, 0.2) is 42.6 Å². The van der Waals surface area contributed by atoms with Crippen LogP contribution in [0.3, 0.4) is 0 Å². The predicted octanol–water partition coefficient (Wildman–Crippen LogP) is 2.57. The molecule has 0 saturated carbocycles. The third kappa shape index (κ3) is 3.13. The molecular weight excluding hydrogens is 266 g/mol. The van der Waals surface area contributed by atoms with E-state index in [-0.39, 0.29) is 5.69 Å². The van der Waals surface area contributed by atoms with E-state index in [1.807, 2.05) is 18.2 Å². The van der Waals surface area contributed by atoms with Crippen molar-refractivity contribution < 1.29 is 9.53 Å². The number of ether oxygens (including phenoxy) is 1. The van der Waals surface area contributed by atoms with Gasteiger partial charge in [0.25, 0.3) is 5.91 Å². The normalized spacial score (nSPS) is 14.2. The molecule has 1 fully saturated rings. The largest absolute Gasteiger partial charge is 0.457 e. The zero-order chi connectivity index (χ0) is 14.7. The monoisotopic (exact) mass is 283 g/mol. The first kappa shape index (κ1) is 13.4. The summed E-state index contributed by atoms with van der Waals surface area (Å²) in [4.78, 5) is 17.4. The molecule has 0 spiro atoms. The average molecular weight is 283 g/mol. The average Bonchev–Trinajstić information content (AvgIpc) is 3.02. The maximum absolute atomic E-state index is 11.1. The van der Waals surface area contributed by atoms with Crippen molar-refractivity contribution in [1.82, 2.24) is 4.98 Å².